The van der Waals surface area contributed by atoms with Gasteiger partial charge in [0.15, 0.2) is 0 Å². The quantitative estimate of drug-likeness (QED) is 0.750. The van der Waals surface area contributed by atoms with Crippen molar-refractivity contribution in [3.8, 4) is 11.3 Å². The first kappa shape index (κ1) is 15.6. The maximum Gasteiger partial charge on any atom is 0.337 e. The summed E-state index contributed by atoms with van der Waals surface area (Å²) in [4.78, 5) is 23.1. The lowest BCUT2D eigenvalue weighted by molar-refractivity contribution is -0.114. The highest BCUT2D eigenvalue weighted by atomic mass is 16.5. The number of amides is 1. The average molecular weight is 321 g/mol. The number of carbonyl (C=O) groups excluding carboxylic acids is 2. The molecule has 0 bridgehead atoms. The van der Waals surface area contributed by atoms with Crippen LogP contribution in [0.2, 0.25) is 0 Å². The second-order valence-corrected chi connectivity index (χ2v) is 5.19. The highest BCUT2D eigenvalue weighted by Gasteiger charge is 2.14. The largest absolute Gasteiger partial charge is 0.465 e. The number of methoxy groups -OCH3 is 1. The molecule has 0 unspecified atom stereocenters. The minimum Gasteiger partial charge on any atom is -0.465 e. The summed E-state index contributed by atoms with van der Waals surface area (Å²) in [5.41, 5.74) is 3.01. The second kappa shape index (κ2) is 6.45. The van der Waals surface area contributed by atoms with Gasteiger partial charge in [-0.1, -0.05) is 30.3 Å². The topological polar surface area (TPSA) is 81.2 Å². The summed E-state index contributed by atoms with van der Waals surface area (Å²) in [5, 5.41) is 12.1. The molecule has 0 fully saturated rings. The molecule has 3 aromatic rings. The van der Waals surface area contributed by atoms with Crippen molar-refractivity contribution in [1.82, 2.24) is 10.2 Å². The molecule has 0 atom stereocenters. The highest BCUT2D eigenvalue weighted by Crippen LogP contribution is 2.31. The van der Waals surface area contributed by atoms with Gasteiger partial charge in [0.25, 0.3) is 0 Å². The Labute approximate surface area is 138 Å². The fourth-order valence-electron chi connectivity index (χ4n) is 2.44. The molecule has 120 valence electrons. The zero-order valence-electron chi connectivity index (χ0n) is 13.2. The molecular weight excluding hydrogens is 306 g/mol. The summed E-state index contributed by atoms with van der Waals surface area (Å²) < 4.78 is 4.69. The minimum atomic E-state index is -0.409. The molecular formula is C18H15N3O3. The van der Waals surface area contributed by atoms with Gasteiger partial charge in [-0.25, -0.2) is 4.79 Å². The van der Waals surface area contributed by atoms with Crippen LogP contribution in [0.3, 0.4) is 0 Å². The first-order valence-corrected chi connectivity index (χ1v) is 7.32. The van der Waals surface area contributed by atoms with E-state index in [0.29, 0.717) is 22.5 Å². The molecule has 3 rings (SSSR count). The van der Waals surface area contributed by atoms with Crippen LogP contribution in [-0.4, -0.2) is 29.2 Å². The molecule has 0 spiro atoms. The minimum absolute atomic E-state index is 0.194. The number of benzene rings is 2. The van der Waals surface area contributed by atoms with Crippen molar-refractivity contribution in [3.63, 3.8) is 0 Å². The second-order valence-electron chi connectivity index (χ2n) is 5.19. The van der Waals surface area contributed by atoms with Gasteiger partial charge in [0, 0.05) is 17.9 Å². The van der Waals surface area contributed by atoms with E-state index in [1.54, 1.807) is 24.3 Å². The fraction of sp³-hybridized carbons (Fsp3) is 0.111. The number of rotatable bonds is 3. The Hall–Kier alpha value is -3.28. The zero-order valence-corrected chi connectivity index (χ0v) is 13.2. The molecule has 0 aliphatic carbocycles. The Morgan fingerprint density at radius 2 is 1.71 bits per heavy atom. The molecule has 0 radical (unpaired) electrons. The number of hydrogen-bond acceptors (Lipinski definition) is 5. The maximum absolute atomic E-state index is 11.6. The van der Waals surface area contributed by atoms with Crippen LogP contribution in [0.1, 0.15) is 17.3 Å². The van der Waals surface area contributed by atoms with Crippen molar-refractivity contribution in [3.05, 3.63) is 54.1 Å². The summed E-state index contributed by atoms with van der Waals surface area (Å²) in [5.74, 6) is -0.603. The van der Waals surface area contributed by atoms with Gasteiger partial charge in [-0.05, 0) is 18.2 Å². The molecule has 0 aliphatic heterocycles. The highest BCUT2D eigenvalue weighted by molar-refractivity contribution is 6.05. The normalized spacial score (nSPS) is 10.4. The molecule has 1 N–H and O–H groups in total. The molecule has 24 heavy (non-hydrogen) atoms. The van der Waals surface area contributed by atoms with E-state index in [2.05, 4.69) is 15.5 Å². The number of aromatic nitrogens is 2. The van der Waals surface area contributed by atoms with Crippen molar-refractivity contribution in [2.45, 2.75) is 6.92 Å². The third-order valence-corrected chi connectivity index (χ3v) is 3.55. The predicted molar refractivity (Wildman–Crippen MR) is 90.6 cm³/mol. The van der Waals surface area contributed by atoms with Crippen molar-refractivity contribution in [1.29, 1.82) is 0 Å². The Balaban J connectivity index is 2.14. The van der Waals surface area contributed by atoms with Crippen LogP contribution in [0.15, 0.2) is 48.5 Å². The number of nitrogens with one attached hydrogen (secondary N) is 1. The van der Waals surface area contributed by atoms with Crippen LogP contribution >= 0.6 is 0 Å². The lowest BCUT2D eigenvalue weighted by Gasteiger charge is -2.12. The van der Waals surface area contributed by atoms with Crippen LogP contribution < -0.4 is 5.32 Å². The molecule has 0 saturated carbocycles. The maximum atomic E-state index is 11.6. The van der Waals surface area contributed by atoms with E-state index in [0.717, 1.165) is 10.9 Å². The number of carbonyl (C=O) groups is 2. The number of anilines is 1. The number of hydrogen-bond donors (Lipinski definition) is 1. The summed E-state index contributed by atoms with van der Waals surface area (Å²) in [6.45, 7) is 1.44. The van der Waals surface area contributed by atoms with E-state index < -0.39 is 5.97 Å². The van der Waals surface area contributed by atoms with Crippen LogP contribution in [0.5, 0.6) is 0 Å². The predicted octanol–water partition coefficient (Wildman–Crippen LogP) is 3.04. The van der Waals surface area contributed by atoms with Gasteiger partial charge in [0.2, 0.25) is 5.91 Å². The Bertz CT molecular complexity index is 920. The van der Waals surface area contributed by atoms with Crippen LogP contribution in [0, 0.1) is 0 Å². The van der Waals surface area contributed by atoms with E-state index >= 15 is 0 Å². The zero-order chi connectivity index (χ0) is 17.1. The van der Waals surface area contributed by atoms with Gasteiger partial charge in [0.1, 0.15) is 5.69 Å². The first-order valence-electron chi connectivity index (χ1n) is 7.32. The molecule has 6 heteroatoms. The molecule has 2 aromatic carbocycles. The molecule has 6 nitrogen and oxygen atoms in total. The number of fused-ring (bicyclic) bond motifs is 1. The summed E-state index contributed by atoms with van der Waals surface area (Å²) in [7, 11) is 1.33. The molecule has 1 amide bonds. The number of esters is 1. The van der Waals surface area contributed by atoms with Crippen LogP contribution in [0.25, 0.3) is 22.2 Å². The molecule has 0 aliphatic rings. The van der Waals surface area contributed by atoms with Crippen molar-refractivity contribution < 1.29 is 14.3 Å². The third-order valence-electron chi connectivity index (χ3n) is 3.55. The summed E-state index contributed by atoms with van der Waals surface area (Å²) in [6, 6.07) is 14.2. The fourth-order valence-corrected chi connectivity index (χ4v) is 2.44. The summed E-state index contributed by atoms with van der Waals surface area (Å²) in [6.07, 6.45) is 0. The molecule has 1 aromatic heterocycles. The van der Waals surface area contributed by atoms with Crippen molar-refractivity contribution in [2.24, 2.45) is 0 Å². The van der Waals surface area contributed by atoms with E-state index in [1.807, 2.05) is 24.3 Å². The molecule has 0 saturated heterocycles. The number of ether oxygens (including phenoxy) is 1. The standard InChI is InChI=1S/C18H15N3O3/c1-11(22)19-17-14-5-3-4-6-15(14)20-21-16(17)12-7-9-13(10-8-12)18(23)24-2/h3-10H,1-2H3,(H,19,20,22). The van der Waals surface area contributed by atoms with Gasteiger partial charge in [-0.15, -0.1) is 10.2 Å². The van der Waals surface area contributed by atoms with Gasteiger partial charge in [0.05, 0.1) is 23.9 Å². The van der Waals surface area contributed by atoms with E-state index in [9.17, 15) is 9.59 Å². The van der Waals surface area contributed by atoms with Gasteiger partial charge in [-0.2, -0.15) is 0 Å². The van der Waals surface area contributed by atoms with Gasteiger partial charge < -0.3 is 10.1 Å². The Kier molecular flexibility index (Phi) is 4.20. The Morgan fingerprint density at radius 1 is 1.00 bits per heavy atom. The van der Waals surface area contributed by atoms with Gasteiger partial charge >= 0.3 is 5.97 Å². The SMILES string of the molecule is COC(=O)c1ccc(-c2nnc3ccccc3c2NC(C)=O)cc1. The summed E-state index contributed by atoms with van der Waals surface area (Å²) >= 11 is 0. The van der Waals surface area contributed by atoms with Crippen molar-refractivity contribution in [2.75, 3.05) is 12.4 Å². The number of nitrogens with zero attached hydrogens (tertiary/aromatic N) is 2. The van der Waals surface area contributed by atoms with E-state index in [1.165, 1.54) is 14.0 Å². The van der Waals surface area contributed by atoms with Crippen molar-refractivity contribution >= 4 is 28.5 Å². The molecule has 1 heterocycles. The lowest BCUT2D eigenvalue weighted by Crippen LogP contribution is -2.09. The van der Waals surface area contributed by atoms with E-state index in [-0.39, 0.29) is 5.91 Å². The van der Waals surface area contributed by atoms with Crippen LogP contribution in [0.4, 0.5) is 5.69 Å². The third kappa shape index (κ3) is 2.94. The smallest absolute Gasteiger partial charge is 0.337 e. The average Bonchev–Trinajstić information content (AvgIpc) is 2.61. The van der Waals surface area contributed by atoms with E-state index in [4.69, 9.17) is 4.74 Å². The Morgan fingerprint density at radius 3 is 2.38 bits per heavy atom. The lowest BCUT2D eigenvalue weighted by atomic mass is 10.0. The van der Waals surface area contributed by atoms with Gasteiger partial charge in [-0.3, -0.25) is 4.79 Å². The monoisotopic (exact) mass is 321 g/mol. The van der Waals surface area contributed by atoms with Crippen LogP contribution in [-0.2, 0) is 9.53 Å². The first-order chi connectivity index (χ1) is 11.6.